The lowest BCUT2D eigenvalue weighted by molar-refractivity contribution is -0.142. The number of rotatable bonds is 3. The molecule has 1 aliphatic rings. The normalized spacial score (nSPS) is 20.8. The molecular weight excluding hydrogens is 323 g/mol. The van der Waals surface area contributed by atoms with Crippen LogP contribution in [0.15, 0.2) is 29.2 Å². The lowest BCUT2D eigenvalue weighted by Gasteiger charge is -2.31. The quantitative estimate of drug-likeness (QED) is 0.919. The van der Waals surface area contributed by atoms with Gasteiger partial charge < -0.3 is 5.11 Å². The number of carbonyl (C=O) groups is 1. The number of hydrogen-bond acceptors (Lipinski definition) is 3. The second-order valence-electron chi connectivity index (χ2n) is 4.99. The Hall–Kier alpha value is -1.61. The van der Waals surface area contributed by atoms with Gasteiger partial charge in [0.1, 0.15) is 6.04 Å². The molecule has 1 atom stereocenters. The van der Waals surface area contributed by atoms with Crippen molar-refractivity contribution in [2.75, 3.05) is 6.54 Å². The summed E-state index contributed by atoms with van der Waals surface area (Å²) in [4.78, 5) is 10.8. The Morgan fingerprint density at radius 3 is 2.27 bits per heavy atom. The first-order chi connectivity index (χ1) is 10.1. The van der Waals surface area contributed by atoms with Gasteiger partial charge in [-0.1, -0.05) is 0 Å². The van der Waals surface area contributed by atoms with Crippen LogP contribution in [0.5, 0.6) is 0 Å². The minimum Gasteiger partial charge on any atom is -0.480 e. The molecule has 0 aromatic heterocycles. The molecule has 0 aliphatic carbocycles. The first-order valence-corrected chi connectivity index (χ1v) is 8.00. The van der Waals surface area contributed by atoms with Crippen molar-refractivity contribution in [2.24, 2.45) is 0 Å². The van der Waals surface area contributed by atoms with Crippen molar-refractivity contribution < 1.29 is 31.5 Å². The Labute approximate surface area is 125 Å². The van der Waals surface area contributed by atoms with Crippen LogP contribution >= 0.6 is 0 Å². The number of carboxylic acid groups (broad SMARTS) is 1. The van der Waals surface area contributed by atoms with Gasteiger partial charge in [0.2, 0.25) is 10.0 Å². The molecule has 1 fully saturated rings. The molecule has 1 saturated heterocycles. The summed E-state index contributed by atoms with van der Waals surface area (Å²) in [6, 6.07) is 1.87. The lowest BCUT2D eigenvalue weighted by atomic mass is 10.1. The summed E-state index contributed by atoms with van der Waals surface area (Å²) >= 11 is 0. The Morgan fingerprint density at radius 1 is 1.18 bits per heavy atom. The van der Waals surface area contributed by atoms with Gasteiger partial charge in [0.25, 0.3) is 0 Å². The minimum atomic E-state index is -4.56. The zero-order valence-corrected chi connectivity index (χ0v) is 12.2. The fraction of sp³-hybridized carbons (Fsp3) is 0.462. The van der Waals surface area contributed by atoms with Crippen LogP contribution in [0, 0.1) is 0 Å². The largest absolute Gasteiger partial charge is 0.480 e. The highest BCUT2D eigenvalue weighted by molar-refractivity contribution is 7.89. The summed E-state index contributed by atoms with van der Waals surface area (Å²) in [5, 5.41) is 9.11. The number of hydrogen-bond donors (Lipinski definition) is 1. The first-order valence-electron chi connectivity index (χ1n) is 6.56. The van der Waals surface area contributed by atoms with Crippen molar-refractivity contribution in [3.63, 3.8) is 0 Å². The van der Waals surface area contributed by atoms with Crippen molar-refractivity contribution >= 4 is 16.0 Å². The molecule has 5 nitrogen and oxygen atoms in total. The van der Waals surface area contributed by atoms with Crippen LogP contribution in [0.4, 0.5) is 13.2 Å². The van der Waals surface area contributed by atoms with Gasteiger partial charge >= 0.3 is 12.1 Å². The topological polar surface area (TPSA) is 74.7 Å². The van der Waals surface area contributed by atoms with Crippen LogP contribution in [0.1, 0.15) is 24.8 Å². The molecule has 1 unspecified atom stereocenters. The minimum absolute atomic E-state index is 0.0420. The number of halogens is 3. The summed E-state index contributed by atoms with van der Waals surface area (Å²) in [5.41, 5.74) is -0.958. The highest BCUT2D eigenvalue weighted by Crippen LogP contribution is 2.31. The third-order valence-electron chi connectivity index (χ3n) is 3.53. The van der Waals surface area contributed by atoms with Crippen molar-refractivity contribution in [1.82, 2.24) is 4.31 Å². The van der Waals surface area contributed by atoms with Gasteiger partial charge in [0, 0.05) is 6.54 Å². The van der Waals surface area contributed by atoms with Gasteiger partial charge in [-0.25, -0.2) is 8.42 Å². The highest BCUT2D eigenvalue weighted by atomic mass is 32.2. The van der Waals surface area contributed by atoms with Crippen LogP contribution in [-0.4, -0.2) is 36.4 Å². The zero-order chi connectivity index (χ0) is 16.5. The van der Waals surface area contributed by atoms with Gasteiger partial charge in [-0.15, -0.1) is 0 Å². The molecule has 0 saturated carbocycles. The Morgan fingerprint density at radius 2 is 1.77 bits per heavy atom. The second kappa shape index (κ2) is 5.88. The van der Waals surface area contributed by atoms with Crippen LogP contribution < -0.4 is 0 Å². The van der Waals surface area contributed by atoms with E-state index in [2.05, 4.69) is 0 Å². The lowest BCUT2D eigenvalue weighted by Crippen LogP contribution is -2.47. The van der Waals surface area contributed by atoms with Crippen molar-refractivity contribution in [3.05, 3.63) is 29.8 Å². The average molecular weight is 337 g/mol. The fourth-order valence-corrected chi connectivity index (χ4v) is 4.04. The van der Waals surface area contributed by atoms with Crippen molar-refractivity contribution in [1.29, 1.82) is 0 Å². The van der Waals surface area contributed by atoms with Gasteiger partial charge in [-0.2, -0.15) is 17.5 Å². The van der Waals surface area contributed by atoms with E-state index in [-0.39, 0.29) is 17.9 Å². The maximum Gasteiger partial charge on any atom is 0.416 e. The number of nitrogens with zero attached hydrogens (tertiary/aromatic N) is 1. The van der Waals surface area contributed by atoms with E-state index in [0.29, 0.717) is 25.0 Å². The van der Waals surface area contributed by atoms with E-state index in [1.165, 1.54) is 0 Å². The smallest absolute Gasteiger partial charge is 0.416 e. The SMILES string of the molecule is O=C(O)C1CCCCN1S(=O)(=O)c1ccc(C(F)(F)F)cc1. The second-order valence-corrected chi connectivity index (χ2v) is 6.88. The van der Waals surface area contributed by atoms with Gasteiger partial charge in [-0.3, -0.25) is 4.79 Å². The molecule has 0 bridgehead atoms. The number of sulfonamides is 1. The molecule has 2 rings (SSSR count). The number of benzene rings is 1. The standard InChI is InChI=1S/C13H14F3NO4S/c14-13(15,16)9-4-6-10(7-5-9)22(20,21)17-8-2-1-3-11(17)12(18)19/h4-7,11H,1-3,8H2,(H,18,19). The number of alkyl halides is 3. The Bertz CT molecular complexity index is 655. The number of carboxylic acids is 1. The van der Waals surface area contributed by atoms with E-state index in [1.807, 2.05) is 0 Å². The molecule has 0 spiro atoms. The van der Waals surface area contributed by atoms with E-state index >= 15 is 0 Å². The van der Waals surface area contributed by atoms with Crippen LogP contribution in [0.25, 0.3) is 0 Å². The predicted molar refractivity (Wildman–Crippen MR) is 70.6 cm³/mol. The molecule has 122 valence electrons. The van der Waals surface area contributed by atoms with Crippen LogP contribution in [-0.2, 0) is 21.0 Å². The van der Waals surface area contributed by atoms with Gasteiger partial charge in [-0.05, 0) is 43.5 Å². The fourth-order valence-electron chi connectivity index (χ4n) is 2.39. The third kappa shape index (κ3) is 3.25. The molecule has 1 aromatic carbocycles. The van der Waals surface area contributed by atoms with Crippen molar-refractivity contribution in [3.8, 4) is 0 Å². The summed E-state index contributed by atoms with van der Waals surface area (Å²) in [5.74, 6) is -1.25. The average Bonchev–Trinajstić information content (AvgIpc) is 2.46. The van der Waals surface area contributed by atoms with Gasteiger partial charge in [0.05, 0.1) is 10.5 Å². The van der Waals surface area contributed by atoms with E-state index in [1.54, 1.807) is 0 Å². The molecule has 1 aromatic rings. The zero-order valence-electron chi connectivity index (χ0n) is 11.4. The molecule has 22 heavy (non-hydrogen) atoms. The van der Waals surface area contributed by atoms with Crippen molar-refractivity contribution in [2.45, 2.75) is 36.4 Å². The highest BCUT2D eigenvalue weighted by Gasteiger charge is 2.38. The maximum absolute atomic E-state index is 12.5. The maximum atomic E-state index is 12.5. The molecular formula is C13H14F3NO4S. The summed E-state index contributed by atoms with van der Waals surface area (Å²) in [7, 11) is -4.13. The Balaban J connectivity index is 2.35. The van der Waals surface area contributed by atoms with Crippen LogP contribution in [0.3, 0.4) is 0 Å². The third-order valence-corrected chi connectivity index (χ3v) is 5.45. The molecule has 1 N–H and O–H groups in total. The predicted octanol–water partition coefficient (Wildman–Crippen LogP) is 2.33. The van der Waals surface area contributed by atoms with E-state index in [0.717, 1.165) is 16.4 Å². The number of aliphatic carboxylic acids is 1. The molecule has 0 radical (unpaired) electrons. The molecule has 1 heterocycles. The summed E-state index contributed by atoms with van der Waals surface area (Å²) in [6.07, 6.45) is -3.26. The van der Waals surface area contributed by atoms with E-state index in [4.69, 9.17) is 5.11 Å². The van der Waals surface area contributed by atoms with Crippen LogP contribution in [0.2, 0.25) is 0 Å². The molecule has 0 amide bonds. The first kappa shape index (κ1) is 16.8. The summed E-state index contributed by atoms with van der Waals surface area (Å²) in [6.45, 7) is 0.0420. The van der Waals surface area contributed by atoms with Gasteiger partial charge in [0.15, 0.2) is 0 Å². The Kier molecular flexibility index (Phi) is 4.48. The monoisotopic (exact) mass is 337 g/mol. The van der Waals surface area contributed by atoms with E-state index < -0.39 is 33.8 Å². The molecule has 1 aliphatic heterocycles. The number of piperidine rings is 1. The molecule has 9 heteroatoms. The summed E-state index contributed by atoms with van der Waals surface area (Å²) < 4.78 is 63.2. The van der Waals surface area contributed by atoms with E-state index in [9.17, 15) is 26.4 Å².